The van der Waals surface area contributed by atoms with Crippen LogP contribution in [0.2, 0.25) is 0 Å². The fourth-order valence-corrected chi connectivity index (χ4v) is 3.73. The third-order valence-corrected chi connectivity index (χ3v) is 5.52. The number of nitrogens with one attached hydrogen (secondary N) is 2. The molecule has 0 spiro atoms. The number of hydrogen-bond acceptors (Lipinski definition) is 4. The molecule has 164 valence electrons. The average Bonchev–Trinajstić information content (AvgIpc) is 3.53. The highest BCUT2D eigenvalue weighted by Crippen LogP contribution is 2.21. The van der Waals surface area contributed by atoms with E-state index in [1.807, 2.05) is 67.6 Å². The molecule has 2 amide bonds. The molecule has 1 unspecified atom stereocenters. The lowest BCUT2D eigenvalue weighted by molar-refractivity contribution is -0.133. The lowest BCUT2D eigenvalue weighted by Gasteiger charge is -2.15. The maximum absolute atomic E-state index is 12.5. The predicted molar refractivity (Wildman–Crippen MR) is 124 cm³/mol. The van der Waals surface area contributed by atoms with Gasteiger partial charge in [-0.3, -0.25) is 9.59 Å². The molecular weight excluding hydrogens is 402 g/mol. The van der Waals surface area contributed by atoms with E-state index in [1.165, 1.54) is 5.01 Å². The molecule has 0 fully saturated rings. The Labute approximate surface area is 187 Å². The molecule has 0 saturated heterocycles. The van der Waals surface area contributed by atoms with Crippen LogP contribution in [0, 0.1) is 0 Å². The summed E-state index contributed by atoms with van der Waals surface area (Å²) in [5.74, 6) is 0.403. The highest BCUT2D eigenvalue weighted by molar-refractivity contribution is 6.02. The summed E-state index contributed by atoms with van der Waals surface area (Å²) in [6.07, 6.45) is 3.44. The molecule has 3 aromatic rings. The lowest BCUT2D eigenvalue weighted by atomic mass is 10.1. The van der Waals surface area contributed by atoms with Crippen molar-refractivity contribution in [3.63, 3.8) is 0 Å². The number of hydrazone groups is 1. The van der Waals surface area contributed by atoms with Crippen molar-refractivity contribution in [1.82, 2.24) is 20.3 Å². The first-order valence-corrected chi connectivity index (χ1v) is 11.0. The molecule has 1 atom stereocenters. The third-order valence-electron chi connectivity index (χ3n) is 5.52. The molecular formula is C25H27N5O2. The number of carbonyl (C=O) groups is 2. The monoisotopic (exact) mass is 429 g/mol. The van der Waals surface area contributed by atoms with Crippen molar-refractivity contribution in [2.24, 2.45) is 5.10 Å². The van der Waals surface area contributed by atoms with Crippen LogP contribution in [0.25, 0.3) is 11.3 Å². The van der Waals surface area contributed by atoms with Crippen molar-refractivity contribution >= 4 is 17.5 Å². The van der Waals surface area contributed by atoms with Gasteiger partial charge in [0.15, 0.2) is 0 Å². The molecule has 32 heavy (non-hydrogen) atoms. The first-order valence-electron chi connectivity index (χ1n) is 11.0. The number of benzene rings is 2. The van der Waals surface area contributed by atoms with Gasteiger partial charge in [-0.1, -0.05) is 67.6 Å². The largest absolute Gasteiger partial charge is 0.346 e. The minimum Gasteiger partial charge on any atom is -0.346 e. The molecule has 4 rings (SSSR count). The second-order valence-corrected chi connectivity index (χ2v) is 7.76. The lowest BCUT2D eigenvalue weighted by Crippen LogP contribution is -2.31. The number of H-pyrrole nitrogens is 1. The molecule has 0 radical (unpaired) electrons. The SMILES string of the molecule is CCC(NC(=O)CCC(=O)N1CCC(c2ccccc2)=N1)c1ncc(-c2ccccc2)[nH]1. The summed E-state index contributed by atoms with van der Waals surface area (Å²) in [7, 11) is 0. The number of carbonyl (C=O) groups excluding carboxylic acids is 2. The fraction of sp³-hybridized carbons (Fsp3) is 0.280. The predicted octanol–water partition coefficient (Wildman–Crippen LogP) is 4.06. The van der Waals surface area contributed by atoms with E-state index in [0.29, 0.717) is 18.8 Å². The topological polar surface area (TPSA) is 90.4 Å². The van der Waals surface area contributed by atoms with Gasteiger partial charge in [0.25, 0.3) is 0 Å². The van der Waals surface area contributed by atoms with Gasteiger partial charge in [0.2, 0.25) is 11.8 Å². The summed E-state index contributed by atoms with van der Waals surface area (Å²) >= 11 is 0. The molecule has 1 aliphatic rings. The highest BCUT2D eigenvalue weighted by atomic mass is 16.2. The second-order valence-electron chi connectivity index (χ2n) is 7.76. The third kappa shape index (κ3) is 5.11. The van der Waals surface area contributed by atoms with E-state index < -0.39 is 0 Å². The smallest absolute Gasteiger partial charge is 0.243 e. The van der Waals surface area contributed by atoms with Crippen LogP contribution in [0.15, 0.2) is 72.0 Å². The zero-order valence-corrected chi connectivity index (χ0v) is 18.1. The normalized spacial score (nSPS) is 14.2. The minimum atomic E-state index is -0.232. The van der Waals surface area contributed by atoms with E-state index in [2.05, 4.69) is 20.4 Å². The van der Waals surface area contributed by atoms with Gasteiger partial charge >= 0.3 is 0 Å². The first-order chi connectivity index (χ1) is 15.6. The Hall–Kier alpha value is -3.74. The van der Waals surface area contributed by atoms with E-state index in [1.54, 1.807) is 6.20 Å². The maximum atomic E-state index is 12.5. The first kappa shape index (κ1) is 21.5. The van der Waals surface area contributed by atoms with Gasteiger partial charge in [-0.05, 0) is 17.5 Å². The molecule has 7 nitrogen and oxygen atoms in total. The van der Waals surface area contributed by atoms with Crippen LogP contribution in [0.1, 0.15) is 50.0 Å². The highest BCUT2D eigenvalue weighted by Gasteiger charge is 2.23. The number of aromatic amines is 1. The molecule has 0 saturated carbocycles. The quantitative estimate of drug-likeness (QED) is 0.566. The molecule has 1 aliphatic heterocycles. The Kier molecular flexibility index (Phi) is 6.75. The van der Waals surface area contributed by atoms with E-state index in [-0.39, 0.29) is 30.7 Å². The van der Waals surface area contributed by atoms with Gasteiger partial charge in [0.1, 0.15) is 5.82 Å². The molecule has 2 heterocycles. The van der Waals surface area contributed by atoms with Crippen molar-refractivity contribution in [3.05, 3.63) is 78.2 Å². The van der Waals surface area contributed by atoms with Crippen LogP contribution >= 0.6 is 0 Å². The molecule has 0 aliphatic carbocycles. The van der Waals surface area contributed by atoms with Gasteiger partial charge in [-0.25, -0.2) is 9.99 Å². The number of rotatable bonds is 8. The number of hydrogen-bond donors (Lipinski definition) is 2. The molecule has 2 aromatic carbocycles. The molecule has 0 bridgehead atoms. The number of amides is 2. The molecule has 2 N–H and O–H groups in total. The van der Waals surface area contributed by atoms with Crippen LogP contribution in [0.3, 0.4) is 0 Å². The Balaban J connectivity index is 1.30. The van der Waals surface area contributed by atoms with Crippen molar-refractivity contribution in [1.29, 1.82) is 0 Å². The number of imidazole rings is 1. The van der Waals surface area contributed by atoms with E-state index >= 15 is 0 Å². The van der Waals surface area contributed by atoms with E-state index in [9.17, 15) is 9.59 Å². The van der Waals surface area contributed by atoms with Crippen LogP contribution in [0.4, 0.5) is 0 Å². The summed E-state index contributed by atoms with van der Waals surface area (Å²) in [5.41, 5.74) is 3.88. The summed E-state index contributed by atoms with van der Waals surface area (Å²) in [5, 5.41) is 8.91. The van der Waals surface area contributed by atoms with E-state index in [0.717, 1.165) is 29.0 Å². The van der Waals surface area contributed by atoms with Gasteiger partial charge < -0.3 is 10.3 Å². The zero-order valence-electron chi connectivity index (χ0n) is 18.1. The standard InChI is InChI=1S/C25H27N5O2/c1-2-20(25-26-17-22(28-25)19-11-7-4-8-12-19)27-23(31)13-14-24(32)30-16-15-21(29-30)18-9-5-3-6-10-18/h3-12,17,20H,2,13-16H2,1H3,(H,26,28)(H,27,31). The van der Waals surface area contributed by atoms with Gasteiger partial charge in [0.05, 0.1) is 30.2 Å². The number of nitrogens with zero attached hydrogens (tertiary/aromatic N) is 3. The van der Waals surface area contributed by atoms with E-state index in [4.69, 9.17) is 0 Å². The van der Waals surface area contributed by atoms with Gasteiger partial charge in [-0.15, -0.1) is 0 Å². The summed E-state index contributed by atoms with van der Waals surface area (Å²) < 4.78 is 0. The van der Waals surface area contributed by atoms with Gasteiger partial charge in [-0.2, -0.15) is 5.10 Å². The molecule has 7 heteroatoms. The number of aromatic nitrogens is 2. The minimum absolute atomic E-state index is 0.119. The maximum Gasteiger partial charge on any atom is 0.243 e. The Morgan fingerprint density at radius 1 is 1.03 bits per heavy atom. The van der Waals surface area contributed by atoms with Crippen LogP contribution < -0.4 is 5.32 Å². The summed E-state index contributed by atoms with van der Waals surface area (Å²) in [6.45, 7) is 2.54. The van der Waals surface area contributed by atoms with Crippen LogP contribution in [-0.2, 0) is 9.59 Å². The Bertz CT molecular complexity index is 1090. The zero-order chi connectivity index (χ0) is 22.3. The second kappa shape index (κ2) is 10.0. The van der Waals surface area contributed by atoms with Crippen LogP contribution in [-0.4, -0.2) is 39.0 Å². The Morgan fingerprint density at radius 2 is 1.72 bits per heavy atom. The average molecular weight is 430 g/mol. The van der Waals surface area contributed by atoms with Crippen molar-refractivity contribution in [3.8, 4) is 11.3 Å². The summed E-state index contributed by atoms with van der Waals surface area (Å²) in [4.78, 5) is 32.8. The van der Waals surface area contributed by atoms with Crippen molar-refractivity contribution < 1.29 is 9.59 Å². The van der Waals surface area contributed by atoms with Crippen molar-refractivity contribution in [2.45, 2.75) is 38.6 Å². The van der Waals surface area contributed by atoms with Gasteiger partial charge in [0, 0.05) is 19.3 Å². The summed E-state index contributed by atoms with van der Waals surface area (Å²) in [6, 6.07) is 19.5. The fourth-order valence-electron chi connectivity index (χ4n) is 3.73. The van der Waals surface area contributed by atoms with Crippen molar-refractivity contribution in [2.75, 3.05) is 6.54 Å². The Morgan fingerprint density at radius 3 is 2.41 bits per heavy atom. The molecule has 1 aromatic heterocycles. The van der Waals surface area contributed by atoms with Crippen LogP contribution in [0.5, 0.6) is 0 Å².